The van der Waals surface area contributed by atoms with Crippen LogP contribution in [-0.2, 0) is 25.5 Å². The fraction of sp³-hybridized carbons (Fsp3) is 0.526. The lowest BCUT2D eigenvalue weighted by atomic mass is 10.0. The number of amides is 2. The summed E-state index contributed by atoms with van der Waals surface area (Å²) in [5.41, 5.74) is -2.00. The van der Waals surface area contributed by atoms with Crippen LogP contribution >= 0.6 is 11.8 Å². The lowest BCUT2D eigenvalue weighted by Gasteiger charge is -2.30. The molecular weight excluding hydrogens is 460 g/mol. The lowest BCUT2D eigenvalue weighted by Crippen LogP contribution is -2.45. The molecule has 8 nitrogen and oxygen atoms in total. The highest BCUT2D eigenvalue weighted by atomic mass is 32.2. The molecule has 2 rings (SSSR count). The van der Waals surface area contributed by atoms with Gasteiger partial charge < -0.3 is 19.9 Å². The van der Waals surface area contributed by atoms with Gasteiger partial charge in [0.25, 0.3) is 0 Å². The van der Waals surface area contributed by atoms with Crippen molar-refractivity contribution in [2.24, 2.45) is 0 Å². The second-order valence-corrected chi connectivity index (χ2v) is 8.92. The number of alkyl carbamates (subject to hydrolysis) is 1. The van der Waals surface area contributed by atoms with E-state index in [4.69, 9.17) is 4.74 Å². The molecule has 0 saturated carbocycles. The van der Waals surface area contributed by atoms with E-state index in [-0.39, 0.29) is 27.5 Å². The van der Waals surface area contributed by atoms with E-state index in [1.165, 1.54) is 0 Å². The molecule has 0 unspecified atom stereocenters. The first-order valence-corrected chi connectivity index (χ1v) is 10.2. The van der Waals surface area contributed by atoms with Crippen LogP contribution < -0.4 is 10.2 Å². The summed E-state index contributed by atoms with van der Waals surface area (Å²) >= 11 is 1.05. The summed E-state index contributed by atoms with van der Waals surface area (Å²) in [4.78, 5) is 35.5. The van der Waals surface area contributed by atoms with Crippen LogP contribution in [-0.4, -0.2) is 60.3 Å². The molecule has 1 heterocycles. The number of ether oxygens (including phenoxy) is 2. The predicted molar refractivity (Wildman–Crippen MR) is 106 cm³/mol. The van der Waals surface area contributed by atoms with Crippen molar-refractivity contribution in [1.29, 1.82) is 0 Å². The van der Waals surface area contributed by atoms with Gasteiger partial charge in [0.1, 0.15) is 23.6 Å². The van der Waals surface area contributed by atoms with E-state index in [1.807, 2.05) is 0 Å². The summed E-state index contributed by atoms with van der Waals surface area (Å²) in [6.45, 7) is 3.68. The van der Waals surface area contributed by atoms with Crippen molar-refractivity contribution < 1.29 is 46.5 Å². The average molecular weight is 482 g/mol. The highest BCUT2D eigenvalue weighted by Crippen LogP contribution is 2.42. The van der Waals surface area contributed by atoms with Crippen LogP contribution in [0.5, 0.6) is 5.75 Å². The van der Waals surface area contributed by atoms with Crippen LogP contribution in [0.1, 0.15) is 26.3 Å². The Kier molecular flexibility index (Phi) is 7.53. The van der Waals surface area contributed by atoms with Gasteiger partial charge in [-0.3, -0.25) is 14.5 Å². The third-order valence-electron chi connectivity index (χ3n) is 4.16. The van der Waals surface area contributed by atoms with Crippen molar-refractivity contribution in [1.82, 2.24) is 5.32 Å². The zero-order valence-electron chi connectivity index (χ0n) is 17.6. The second-order valence-electron chi connectivity index (χ2n) is 7.86. The van der Waals surface area contributed by atoms with Crippen molar-refractivity contribution in [3.05, 3.63) is 17.4 Å². The van der Waals surface area contributed by atoms with Gasteiger partial charge in [-0.2, -0.15) is 13.2 Å². The number of benzene rings is 1. The van der Waals surface area contributed by atoms with E-state index in [0.29, 0.717) is 0 Å². The van der Waals surface area contributed by atoms with Crippen LogP contribution in [0.15, 0.2) is 11.0 Å². The van der Waals surface area contributed by atoms with Crippen LogP contribution in [0, 0.1) is 5.82 Å². The first-order chi connectivity index (χ1) is 14.6. The van der Waals surface area contributed by atoms with Crippen molar-refractivity contribution in [3.63, 3.8) is 0 Å². The van der Waals surface area contributed by atoms with E-state index in [9.17, 15) is 32.7 Å². The minimum absolute atomic E-state index is 0.125. The SMILES string of the molecule is COC(=O)CN(C(=O)C(F)(F)F)c1c(O)cc2c(c1F)C[C@H](NC(=O)OC(C)(C)C)CS2. The lowest BCUT2D eigenvalue weighted by molar-refractivity contribution is -0.171. The maximum Gasteiger partial charge on any atom is 0.471 e. The van der Waals surface area contributed by atoms with Crippen LogP contribution in [0.2, 0.25) is 0 Å². The van der Waals surface area contributed by atoms with Gasteiger partial charge in [-0.05, 0) is 33.3 Å². The maximum atomic E-state index is 15.3. The summed E-state index contributed by atoms with van der Waals surface area (Å²) < 4.78 is 64.0. The fourth-order valence-corrected chi connectivity index (χ4v) is 4.00. The van der Waals surface area contributed by atoms with Crippen LogP contribution in [0.3, 0.4) is 0 Å². The number of methoxy groups -OCH3 is 1. The molecule has 1 aromatic carbocycles. The standard InChI is InChI=1S/C19H22F4N2O6S/c1-18(2,3)31-17(29)24-9-5-10-12(32-8-9)6-11(26)15(14(10)20)25(7-13(27)30-4)16(28)19(21,22)23/h6,9,26H,5,7-8H2,1-4H3,(H,24,29)/t9-/m0/s1. The number of rotatable bonds is 4. The van der Waals surface area contributed by atoms with Crippen LogP contribution in [0.4, 0.5) is 28.0 Å². The van der Waals surface area contributed by atoms with Crippen molar-refractivity contribution in [3.8, 4) is 5.75 Å². The second kappa shape index (κ2) is 9.43. The minimum atomic E-state index is -5.45. The molecule has 0 aromatic heterocycles. The molecule has 2 N–H and O–H groups in total. The number of carbonyl (C=O) groups excluding carboxylic acids is 3. The van der Waals surface area contributed by atoms with E-state index in [0.717, 1.165) is 24.9 Å². The van der Waals surface area contributed by atoms with Gasteiger partial charge in [0.2, 0.25) is 0 Å². The summed E-state index contributed by atoms with van der Waals surface area (Å²) in [5, 5.41) is 12.7. The Bertz CT molecular complexity index is 917. The van der Waals surface area contributed by atoms with Gasteiger partial charge >= 0.3 is 24.1 Å². The number of carbonyl (C=O) groups is 3. The largest absolute Gasteiger partial charge is 0.506 e. The molecule has 2 amide bonds. The Morgan fingerprint density at radius 3 is 2.44 bits per heavy atom. The highest BCUT2D eigenvalue weighted by molar-refractivity contribution is 7.99. The summed E-state index contributed by atoms with van der Waals surface area (Å²) in [6.07, 6.45) is -6.35. The summed E-state index contributed by atoms with van der Waals surface area (Å²) in [6, 6.07) is 0.373. The maximum absolute atomic E-state index is 15.3. The highest BCUT2D eigenvalue weighted by Gasteiger charge is 2.46. The molecule has 13 heteroatoms. The molecule has 1 aliphatic heterocycles. The number of fused-ring (bicyclic) bond motifs is 1. The van der Waals surface area contributed by atoms with Crippen molar-refractivity contribution in [2.45, 2.75) is 49.9 Å². The number of alkyl halides is 3. The number of nitrogens with zero attached hydrogens (tertiary/aromatic N) is 1. The smallest absolute Gasteiger partial charge is 0.471 e. The molecule has 0 aliphatic carbocycles. The molecule has 178 valence electrons. The summed E-state index contributed by atoms with van der Waals surface area (Å²) in [7, 11) is 0.880. The van der Waals surface area contributed by atoms with E-state index < -0.39 is 59.6 Å². The predicted octanol–water partition coefficient (Wildman–Crippen LogP) is 3.14. The summed E-state index contributed by atoms with van der Waals surface area (Å²) in [5.74, 6) is -5.79. The number of hydrogen-bond acceptors (Lipinski definition) is 7. The molecule has 1 aromatic rings. The molecule has 0 saturated heterocycles. The first kappa shape index (κ1) is 25.6. The molecule has 0 bridgehead atoms. The Balaban J connectivity index is 2.41. The zero-order valence-corrected chi connectivity index (χ0v) is 18.4. The molecule has 32 heavy (non-hydrogen) atoms. The number of esters is 1. The topological polar surface area (TPSA) is 105 Å². The number of thioether (sulfide) groups is 1. The van der Waals surface area contributed by atoms with Crippen molar-refractivity contribution >= 4 is 35.4 Å². The number of aromatic hydroxyl groups is 1. The Labute approximate surface area is 185 Å². The normalized spacial score (nSPS) is 16.1. The molecule has 0 radical (unpaired) electrons. The first-order valence-electron chi connectivity index (χ1n) is 9.26. The molecule has 1 atom stereocenters. The number of nitrogens with one attached hydrogen (secondary N) is 1. The van der Waals surface area contributed by atoms with Crippen molar-refractivity contribution in [2.75, 3.05) is 24.3 Å². The third-order valence-corrected chi connectivity index (χ3v) is 5.41. The number of phenolic OH excluding ortho intramolecular Hbond substituents is 1. The van der Waals surface area contributed by atoms with Gasteiger partial charge in [-0.15, -0.1) is 11.8 Å². The zero-order chi connectivity index (χ0) is 24.4. The number of hydrogen-bond donors (Lipinski definition) is 2. The third kappa shape index (κ3) is 6.17. The minimum Gasteiger partial charge on any atom is -0.506 e. The Morgan fingerprint density at radius 2 is 1.91 bits per heavy atom. The van der Waals surface area contributed by atoms with E-state index in [1.54, 1.807) is 20.8 Å². The van der Waals surface area contributed by atoms with Gasteiger partial charge in [0.05, 0.1) is 7.11 Å². The average Bonchev–Trinajstić information content (AvgIpc) is 2.64. The van der Waals surface area contributed by atoms with E-state index >= 15 is 4.39 Å². The monoisotopic (exact) mass is 482 g/mol. The van der Waals surface area contributed by atoms with Gasteiger partial charge in [-0.1, -0.05) is 0 Å². The molecule has 0 spiro atoms. The Morgan fingerprint density at radius 1 is 1.28 bits per heavy atom. The molecular formula is C19H22F4N2O6S. The van der Waals surface area contributed by atoms with Crippen LogP contribution in [0.25, 0.3) is 0 Å². The van der Waals surface area contributed by atoms with Gasteiger partial charge in [0.15, 0.2) is 5.82 Å². The number of halogens is 4. The fourth-order valence-electron chi connectivity index (χ4n) is 2.88. The molecule has 0 fully saturated rings. The number of phenols is 1. The quantitative estimate of drug-likeness (QED) is 0.502. The number of anilines is 1. The Hall–Kier alpha value is -2.70. The van der Waals surface area contributed by atoms with Gasteiger partial charge in [0, 0.05) is 22.3 Å². The van der Waals surface area contributed by atoms with E-state index in [2.05, 4.69) is 10.1 Å². The van der Waals surface area contributed by atoms with Gasteiger partial charge in [-0.25, -0.2) is 9.18 Å². The molecule has 1 aliphatic rings.